The summed E-state index contributed by atoms with van der Waals surface area (Å²) in [5.41, 5.74) is 0.294. The lowest BCUT2D eigenvalue weighted by molar-refractivity contribution is -0.143. The van der Waals surface area contributed by atoms with Crippen molar-refractivity contribution in [2.24, 2.45) is 5.92 Å². The minimum Gasteiger partial charge on any atom is -0.481 e. The zero-order valence-electron chi connectivity index (χ0n) is 12.7. The van der Waals surface area contributed by atoms with Gasteiger partial charge in [0, 0.05) is 5.02 Å². The molecule has 3 rings (SSSR count). The molecule has 0 aromatic heterocycles. The Kier molecular flexibility index (Phi) is 4.80. The Hall–Kier alpha value is -1.63. The van der Waals surface area contributed by atoms with E-state index in [9.17, 15) is 14.4 Å². The molecule has 2 fully saturated rings. The van der Waals surface area contributed by atoms with Crippen molar-refractivity contribution in [3.05, 3.63) is 28.2 Å². The molecule has 2 saturated heterocycles. The molecule has 2 aliphatic heterocycles. The summed E-state index contributed by atoms with van der Waals surface area (Å²) < 4.78 is 0. The molecule has 1 aromatic carbocycles. The molecule has 1 N–H and O–H groups in total. The number of hydrogen-bond donors (Lipinski definition) is 1. The molecule has 2 aliphatic rings. The first-order chi connectivity index (χ1) is 11.4. The Bertz CT molecular complexity index is 701. The highest BCUT2D eigenvalue weighted by atomic mass is 35.5. The number of nitrogens with zero attached hydrogens (tertiary/aromatic N) is 2. The van der Waals surface area contributed by atoms with Crippen LogP contribution in [-0.4, -0.2) is 46.9 Å². The molecular formula is C16H16Cl2N2O4. The number of carboxylic acids is 1. The van der Waals surface area contributed by atoms with Gasteiger partial charge in [0.1, 0.15) is 0 Å². The molecule has 0 aliphatic carbocycles. The Balaban J connectivity index is 1.78. The first kappa shape index (κ1) is 17.2. The van der Waals surface area contributed by atoms with Gasteiger partial charge in [-0.25, -0.2) is 4.90 Å². The highest BCUT2D eigenvalue weighted by Gasteiger charge is 2.44. The van der Waals surface area contributed by atoms with Crippen LogP contribution in [0.15, 0.2) is 18.2 Å². The molecule has 0 saturated carbocycles. The maximum Gasteiger partial charge on any atom is 0.306 e. The lowest BCUT2D eigenvalue weighted by Crippen LogP contribution is -2.46. The summed E-state index contributed by atoms with van der Waals surface area (Å²) in [6.07, 6.45) is 1.02. The Labute approximate surface area is 148 Å². The van der Waals surface area contributed by atoms with Gasteiger partial charge >= 0.3 is 5.97 Å². The molecule has 0 radical (unpaired) electrons. The second-order valence-electron chi connectivity index (χ2n) is 6.03. The van der Waals surface area contributed by atoms with Crippen molar-refractivity contribution in [3.63, 3.8) is 0 Å². The Morgan fingerprint density at radius 1 is 1.17 bits per heavy atom. The maximum absolute atomic E-state index is 12.7. The van der Waals surface area contributed by atoms with Gasteiger partial charge in [0.2, 0.25) is 5.91 Å². The predicted octanol–water partition coefficient (Wildman–Crippen LogP) is 2.42. The molecule has 8 heteroatoms. The quantitative estimate of drug-likeness (QED) is 0.826. The highest BCUT2D eigenvalue weighted by molar-refractivity contribution is 6.37. The molecule has 6 nitrogen and oxygen atoms in total. The van der Waals surface area contributed by atoms with Crippen molar-refractivity contribution >= 4 is 46.7 Å². The van der Waals surface area contributed by atoms with Crippen LogP contribution in [0.4, 0.5) is 5.69 Å². The van der Waals surface area contributed by atoms with Crippen molar-refractivity contribution in [1.29, 1.82) is 0 Å². The van der Waals surface area contributed by atoms with Gasteiger partial charge in [-0.05, 0) is 44.1 Å². The molecule has 1 aromatic rings. The van der Waals surface area contributed by atoms with Crippen LogP contribution in [0.1, 0.15) is 19.3 Å². The summed E-state index contributed by atoms with van der Waals surface area (Å²) in [6.45, 7) is 0.968. The van der Waals surface area contributed by atoms with E-state index in [0.29, 0.717) is 36.6 Å². The van der Waals surface area contributed by atoms with Crippen LogP contribution in [0, 0.1) is 5.92 Å². The standard InChI is InChI=1S/C16H16Cl2N2O4/c17-10-1-2-11(18)12(7-10)20-14(21)8-13(15(20)22)19-5-3-9(4-6-19)16(23)24/h1-2,7,9,13H,3-6,8H2,(H,23,24). The number of amides is 2. The number of anilines is 1. The fourth-order valence-electron chi connectivity index (χ4n) is 3.27. The van der Waals surface area contributed by atoms with E-state index in [1.807, 2.05) is 4.90 Å². The third kappa shape index (κ3) is 3.14. The van der Waals surface area contributed by atoms with Crippen molar-refractivity contribution < 1.29 is 19.5 Å². The fraction of sp³-hybridized carbons (Fsp3) is 0.438. The van der Waals surface area contributed by atoms with E-state index < -0.39 is 12.0 Å². The second kappa shape index (κ2) is 6.70. The van der Waals surface area contributed by atoms with Crippen molar-refractivity contribution in [3.8, 4) is 0 Å². The molecule has 1 atom stereocenters. The number of imide groups is 1. The topological polar surface area (TPSA) is 77.9 Å². The number of rotatable bonds is 3. The van der Waals surface area contributed by atoms with E-state index in [0.717, 1.165) is 4.90 Å². The van der Waals surface area contributed by atoms with Crippen LogP contribution in [0.25, 0.3) is 0 Å². The zero-order valence-corrected chi connectivity index (χ0v) is 14.3. The third-order valence-electron chi connectivity index (χ3n) is 4.59. The average molecular weight is 371 g/mol. The smallest absolute Gasteiger partial charge is 0.306 e. The second-order valence-corrected chi connectivity index (χ2v) is 6.88. The van der Waals surface area contributed by atoms with Gasteiger partial charge in [-0.2, -0.15) is 0 Å². The lowest BCUT2D eigenvalue weighted by Gasteiger charge is -2.33. The summed E-state index contributed by atoms with van der Waals surface area (Å²) in [5.74, 6) is -1.85. The molecular weight excluding hydrogens is 355 g/mol. The minimum absolute atomic E-state index is 0.0689. The van der Waals surface area contributed by atoms with Gasteiger partial charge in [-0.3, -0.25) is 19.3 Å². The van der Waals surface area contributed by atoms with Crippen LogP contribution in [0.5, 0.6) is 0 Å². The van der Waals surface area contributed by atoms with Crippen LogP contribution >= 0.6 is 23.2 Å². The summed E-state index contributed by atoms with van der Waals surface area (Å²) in [7, 11) is 0. The van der Waals surface area contributed by atoms with Crippen LogP contribution in [-0.2, 0) is 14.4 Å². The normalized spacial score (nSPS) is 23.1. The number of halogens is 2. The van der Waals surface area contributed by atoms with E-state index in [4.69, 9.17) is 28.3 Å². The van der Waals surface area contributed by atoms with Crippen LogP contribution in [0.2, 0.25) is 10.0 Å². The molecule has 0 spiro atoms. The van der Waals surface area contributed by atoms with Crippen molar-refractivity contribution in [1.82, 2.24) is 4.90 Å². The number of carbonyl (C=O) groups is 3. The number of carbonyl (C=O) groups excluding carboxylic acids is 2. The van der Waals surface area contributed by atoms with Gasteiger partial charge in [0.05, 0.1) is 29.1 Å². The van der Waals surface area contributed by atoms with Gasteiger partial charge in [-0.15, -0.1) is 0 Å². The predicted molar refractivity (Wildman–Crippen MR) is 89.3 cm³/mol. The van der Waals surface area contributed by atoms with E-state index in [1.165, 1.54) is 6.07 Å². The molecule has 1 unspecified atom stereocenters. The largest absolute Gasteiger partial charge is 0.481 e. The van der Waals surface area contributed by atoms with Crippen molar-refractivity contribution in [2.75, 3.05) is 18.0 Å². The molecule has 0 bridgehead atoms. The SMILES string of the molecule is O=C(O)C1CCN(C2CC(=O)N(c3cc(Cl)ccc3Cl)C2=O)CC1. The molecule has 2 amide bonds. The number of carboxylic acid groups (broad SMARTS) is 1. The summed E-state index contributed by atoms with van der Waals surface area (Å²) in [4.78, 5) is 39.1. The van der Waals surface area contributed by atoms with Crippen LogP contribution in [0.3, 0.4) is 0 Å². The molecule has 2 heterocycles. The lowest BCUT2D eigenvalue weighted by atomic mass is 9.96. The number of likely N-dealkylation sites (tertiary alicyclic amines) is 1. The molecule has 24 heavy (non-hydrogen) atoms. The number of aliphatic carboxylic acids is 1. The number of benzene rings is 1. The van der Waals surface area contributed by atoms with E-state index in [2.05, 4.69) is 0 Å². The minimum atomic E-state index is -0.809. The van der Waals surface area contributed by atoms with E-state index in [-0.39, 0.29) is 29.2 Å². The van der Waals surface area contributed by atoms with Gasteiger partial charge < -0.3 is 5.11 Å². The van der Waals surface area contributed by atoms with E-state index in [1.54, 1.807) is 12.1 Å². The number of hydrogen-bond acceptors (Lipinski definition) is 4. The van der Waals surface area contributed by atoms with Gasteiger partial charge in [-0.1, -0.05) is 23.2 Å². The summed E-state index contributed by atoms with van der Waals surface area (Å²) in [6, 6.07) is 4.07. The first-order valence-corrected chi connectivity index (χ1v) is 8.43. The molecule has 128 valence electrons. The van der Waals surface area contributed by atoms with Crippen molar-refractivity contribution in [2.45, 2.75) is 25.3 Å². The monoisotopic (exact) mass is 370 g/mol. The van der Waals surface area contributed by atoms with Gasteiger partial charge in [0.25, 0.3) is 5.91 Å². The highest BCUT2D eigenvalue weighted by Crippen LogP contribution is 2.34. The zero-order chi connectivity index (χ0) is 17.4. The summed E-state index contributed by atoms with van der Waals surface area (Å²) in [5, 5.41) is 9.73. The maximum atomic E-state index is 12.7. The first-order valence-electron chi connectivity index (χ1n) is 7.67. The van der Waals surface area contributed by atoms with Gasteiger partial charge in [0.15, 0.2) is 0 Å². The number of piperidine rings is 1. The fourth-order valence-corrected chi connectivity index (χ4v) is 3.64. The Morgan fingerprint density at radius 3 is 2.46 bits per heavy atom. The van der Waals surface area contributed by atoms with E-state index >= 15 is 0 Å². The van der Waals surface area contributed by atoms with Crippen LogP contribution < -0.4 is 4.90 Å². The Morgan fingerprint density at radius 2 is 1.83 bits per heavy atom. The third-order valence-corrected chi connectivity index (χ3v) is 5.15. The summed E-state index contributed by atoms with van der Waals surface area (Å²) >= 11 is 12.1. The average Bonchev–Trinajstić information content (AvgIpc) is 2.84.